The second-order valence-corrected chi connectivity index (χ2v) is 4.05. The summed E-state index contributed by atoms with van der Waals surface area (Å²) >= 11 is 3.31. The van der Waals surface area contributed by atoms with E-state index < -0.39 is 0 Å². The van der Waals surface area contributed by atoms with Crippen LogP contribution in [0.15, 0.2) is 22.7 Å². The Morgan fingerprint density at radius 1 is 1.43 bits per heavy atom. The van der Waals surface area contributed by atoms with Gasteiger partial charge in [0.15, 0.2) is 0 Å². The number of ether oxygens (including phenoxy) is 1. The first-order chi connectivity index (χ1) is 6.50. The van der Waals surface area contributed by atoms with E-state index in [1.807, 2.05) is 25.1 Å². The second-order valence-electron chi connectivity index (χ2n) is 3.20. The molecule has 0 aliphatic carbocycles. The zero-order chi connectivity index (χ0) is 10.7. The Balaban J connectivity index is 2.86. The average molecular weight is 258 g/mol. The highest BCUT2D eigenvalue weighted by molar-refractivity contribution is 9.10. The van der Waals surface area contributed by atoms with Crippen LogP contribution in [-0.4, -0.2) is 25.1 Å². The Labute approximate surface area is 91.8 Å². The smallest absolute Gasteiger partial charge is 0.409 e. The van der Waals surface area contributed by atoms with Gasteiger partial charge in [0, 0.05) is 14.1 Å². The van der Waals surface area contributed by atoms with Crippen LogP contribution in [0.3, 0.4) is 0 Å². The predicted octanol–water partition coefficient (Wildman–Crippen LogP) is 2.82. The Morgan fingerprint density at radius 2 is 2.07 bits per heavy atom. The minimum Gasteiger partial charge on any atom is -0.409 e. The molecule has 0 spiro atoms. The van der Waals surface area contributed by atoms with Crippen LogP contribution < -0.4 is 4.74 Å². The van der Waals surface area contributed by atoms with E-state index in [1.165, 1.54) is 4.90 Å². The second kappa shape index (κ2) is 4.46. The standard InChI is InChI=1S/C10H12BrNO2/c1-7-4-5-8(11)9(6-7)14-10(13)12(2)3/h4-6H,1-3H3. The van der Waals surface area contributed by atoms with Gasteiger partial charge in [-0.1, -0.05) is 6.07 Å². The molecule has 0 atom stereocenters. The highest BCUT2D eigenvalue weighted by atomic mass is 79.9. The summed E-state index contributed by atoms with van der Waals surface area (Å²) in [6, 6.07) is 5.61. The number of carbonyl (C=O) groups excluding carboxylic acids is 1. The van der Waals surface area contributed by atoms with Crippen LogP contribution >= 0.6 is 15.9 Å². The molecule has 3 nitrogen and oxygen atoms in total. The van der Waals surface area contributed by atoms with Crippen molar-refractivity contribution in [1.29, 1.82) is 0 Å². The molecule has 0 heterocycles. The molecule has 4 heteroatoms. The van der Waals surface area contributed by atoms with Gasteiger partial charge >= 0.3 is 6.09 Å². The molecule has 76 valence electrons. The van der Waals surface area contributed by atoms with Crippen LogP contribution in [0.1, 0.15) is 5.56 Å². The molecular formula is C10H12BrNO2. The highest BCUT2D eigenvalue weighted by Crippen LogP contribution is 2.26. The van der Waals surface area contributed by atoms with Crippen molar-refractivity contribution < 1.29 is 9.53 Å². The van der Waals surface area contributed by atoms with Crippen LogP contribution in [0.2, 0.25) is 0 Å². The molecule has 1 rings (SSSR count). The van der Waals surface area contributed by atoms with Crippen LogP contribution in [-0.2, 0) is 0 Å². The zero-order valence-electron chi connectivity index (χ0n) is 8.37. The fraction of sp³-hybridized carbons (Fsp3) is 0.300. The van der Waals surface area contributed by atoms with Gasteiger partial charge in [-0.05, 0) is 40.5 Å². The molecule has 0 saturated carbocycles. The Morgan fingerprint density at radius 3 is 2.64 bits per heavy atom. The zero-order valence-corrected chi connectivity index (χ0v) is 9.96. The van der Waals surface area contributed by atoms with E-state index in [9.17, 15) is 4.79 Å². The summed E-state index contributed by atoms with van der Waals surface area (Å²) < 4.78 is 5.90. The molecule has 0 aliphatic heterocycles. The van der Waals surface area contributed by atoms with Crippen LogP contribution in [0.4, 0.5) is 4.79 Å². The average Bonchev–Trinajstić information content (AvgIpc) is 2.11. The first-order valence-corrected chi connectivity index (χ1v) is 4.95. The van der Waals surface area contributed by atoms with Crippen molar-refractivity contribution in [2.45, 2.75) is 6.92 Å². The maximum Gasteiger partial charge on any atom is 0.414 e. The van der Waals surface area contributed by atoms with E-state index in [2.05, 4.69) is 15.9 Å². The monoisotopic (exact) mass is 257 g/mol. The third-order valence-electron chi connectivity index (χ3n) is 1.65. The largest absolute Gasteiger partial charge is 0.414 e. The molecule has 0 saturated heterocycles. The lowest BCUT2D eigenvalue weighted by Gasteiger charge is -2.12. The number of hydrogen-bond donors (Lipinski definition) is 0. The summed E-state index contributed by atoms with van der Waals surface area (Å²) in [4.78, 5) is 12.6. The minimum atomic E-state index is -0.378. The van der Waals surface area contributed by atoms with Crippen LogP contribution in [0.25, 0.3) is 0 Å². The first-order valence-electron chi connectivity index (χ1n) is 4.16. The van der Waals surface area contributed by atoms with Gasteiger partial charge in [0.2, 0.25) is 0 Å². The summed E-state index contributed by atoms with van der Waals surface area (Å²) in [5, 5.41) is 0. The predicted molar refractivity (Wildman–Crippen MR) is 58.6 cm³/mol. The van der Waals surface area contributed by atoms with E-state index in [0.29, 0.717) is 5.75 Å². The Hall–Kier alpha value is -1.03. The van der Waals surface area contributed by atoms with Crippen LogP contribution in [0, 0.1) is 6.92 Å². The molecule has 0 fully saturated rings. The van der Waals surface area contributed by atoms with Crippen molar-refractivity contribution in [3.05, 3.63) is 28.2 Å². The minimum absolute atomic E-state index is 0.378. The first kappa shape index (κ1) is 11.0. The molecule has 1 amide bonds. The van der Waals surface area contributed by atoms with Gasteiger partial charge in [-0.25, -0.2) is 4.79 Å². The normalized spacial score (nSPS) is 9.71. The van der Waals surface area contributed by atoms with Gasteiger partial charge in [-0.3, -0.25) is 0 Å². The number of amides is 1. The SMILES string of the molecule is Cc1ccc(Br)c(OC(=O)N(C)C)c1. The molecule has 0 aromatic heterocycles. The lowest BCUT2D eigenvalue weighted by atomic mass is 10.2. The van der Waals surface area contributed by atoms with E-state index >= 15 is 0 Å². The van der Waals surface area contributed by atoms with Gasteiger partial charge in [0.05, 0.1) is 4.47 Å². The summed E-state index contributed by atoms with van der Waals surface area (Å²) in [6.45, 7) is 1.94. The van der Waals surface area contributed by atoms with Gasteiger partial charge in [-0.15, -0.1) is 0 Å². The molecule has 1 aromatic rings. The molecular weight excluding hydrogens is 246 g/mol. The van der Waals surface area contributed by atoms with Crippen molar-refractivity contribution in [3.63, 3.8) is 0 Å². The molecule has 0 radical (unpaired) electrons. The van der Waals surface area contributed by atoms with Gasteiger partial charge < -0.3 is 9.64 Å². The number of aryl methyl sites for hydroxylation is 1. The lowest BCUT2D eigenvalue weighted by molar-refractivity contribution is 0.171. The number of carbonyl (C=O) groups is 1. The maximum atomic E-state index is 11.3. The van der Waals surface area contributed by atoms with E-state index in [1.54, 1.807) is 14.1 Å². The van der Waals surface area contributed by atoms with E-state index in [4.69, 9.17) is 4.74 Å². The fourth-order valence-electron chi connectivity index (χ4n) is 0.874. The molecule has 0 aliphatic rings. The quantitative estimate of drug-likeness (QED) is 0.775. The Bertz CT molecular complexity index is 350. The number of benzene rings is 1. The Kier molecular flexibility index (Phi) is 3.52. The summed E-state index contributed by atoms with van der Waals surface area (Å²) in [5.41, 5.74) is 1.05. The molecule has 0 bridgehead atoms. The molecule has 0 unspecified atom stereocenters. The summed E-state index contributed by atoms with van der Waals surface area (Å²) in [6.07, 6.45) is -0.378. The topological polar surface area (TPSA) is 29.5 Å². The molecule has 1 aromatic carbocycles. The summed E-state index contributed by atoms with van der Waals surface area (Å²) in [5.74, 6) is 0.545. The number of rotatable bonds is 1. The van der Waals surface area contributed by atoms with Crippen molar-refractivity contribution >= 4 is 22.0 Å². The van der Waals surface area contributed by atoms with E-state index in [-0.39, 0.29) is 6.09 Å². The summed E-state index contributed by atoms with van der Waals surface area (Å²) in [7, 11) is 3.29. The third-order valence-corrected chi connectivity index (χ3v) is 2.30. The number of nitrogens with zero attached hydrogens (tertiary/aromatic N) is 1. The molecule has 14 heavy (non-hydrogen) atoms. The third kappa shape index (κ3) is 2.73. The highest BCUT2D eigenvalue weighted by Gasteiger charge is 2.09. The van der Waals surface area contributed by atoms with Gasteiger partial charge in [0.1, 0.15) is 5.75 Å². The van der Waals surface area contributed by atoms with E-state index in [0.717, 1.165) is 10.0 Å². The number of hydrogen-bond acceptors (Lipinski definition) is 2. The van der Waals surface area contributed by atoms with Gasteiger partial charge in [0.25, 0.3) is 0 Å². The maximum absolute atomic E-state index is 11.3. The molecule has 0 N–H and O–H groups in total. The van der Waals surface area contributed by atoms with Gasteiger partial charge in [-0.2, -0.15) is 0 Å². The van der Waals surface area contributed by atoms with Crippen molar-refractivity contribution in [3.8, 4) is 5.75 Å². The van der Waals surface area contributed by atoms with Crippen molar-refractivity contribution in [2.24, 2.45) is 0 Å². The van der Waals surface area contributed by atoms with Crippen molar-refractivity contribution in [1.82, 2.24) is 4.90 Å². The van der Waals surface area contributed by atoms with Crippen LogP contribution in [0.5, 0.6) is 5.75 Å². The van der Waals surface area contributed by atoms with Crippen molar-refractivity contribution in [2.75, 3.05) is 14.1 Å². The number of halogens is 1. The lowest BCUT2D eigenvalue weighted by Crippen LogP contribution is -2.25. The fourth-order valence-corrected chi connectivity index (χ4v) is 1.20.